The summed E-state index contributed by atoms with van der Waals surface area (Å²) in [5, 5.41) is 3.30. The second-order valence-corrected chi connectivity index (χ2v) is 6.17. The first-order valence-corrected chi connectivity index (χ1v) is 6.02. The lowest BCUT2D eigenvalue weighted by Gasteiger charge is -2.19. The molecule has 0 saturated heterocycles. The molecule has 14 heavy (non-hydrogen) atoms. The number of nitrogens with zero attached hydrogens (tertiary/aromatic N) is 1. The van der Waals surface area contributed by atoms with E-state index in [1.807, 2.05) is 6.07 Å². The van der Waals surface area contributed by atoms with Gasteiger partial charge in [-0.05, 0) is 43.3 Å². The smallest absolute Gasteiger partial charge is 0.140 e. The third-order valence-corrected chi connectivity index (χ3v) is 2.63. The Bertz CT molecular complexity index is 318. The van der Waals surface area contributed by atoms with Crippen molar-refractivity contribution in [3.63, 3.8) is 0 Å². The number of nitrogens with one attached hydrogen (secondary N) is 1. The number of anilines is 1. The predicted molar refractivity (Wildman–Crippen MR) is 67.6 cm³/mol. The Kier molecular flexibility index (Phi) is 3.95. The fourth-order valence-corrected chi connectivity index (χ4v) is 2.02. The van der Waals surface area contributed by atoms with Crippen molar-refractivity contribution in [2.24, 2.45) is 5.41 Å². The molecule has 2 nitrogen and oxygen atoms in total. The van der Waals surface area contributed by atoms with E-state index in [0.29, 0.717) is 0 Å². The van der Waals surface area contributed by atoms with E-state index in [1.165, 1.54) is 0 Å². The van der Waals surface area contributed by atoms with Gasteiger partial charge < -0.3 is 5.32 Å². The van der Waals surface area contributed by atoms with E-state index in [9.17, 15) is 0 Å². The molecule has 0 radical (unpaired) electrons. The largest absolute Gasteiger partial charge is 0.369 e. The van der Waals surface area contributed by atoms with Crippen LogP contribution in [0, 0.1) is 5.41 Å². The maximum Gasteiger partial charge on any atom is 0.140 e. The van der Waals surface area contributed by atoms with E-state index in [1.54, 1.807) is 6.20 Å². The van der Waals surface area contributed by atoms with Crippen LogP contribution in [0.4, 0.5) is 5.82 Å². The molecule has 0 atom stereocenters. The molecule has 1 N–H and O–H groups in total. The van der Waals surface area contributed by atoms with E-state index in [0.717, 1.165) is 21.3 Å². The summed E-state index contributed by atoms with van der Waals surface area (Å²) in [6.07, 6.45) is 1.79. The van der Waals surface area contributed by atoms with Crippen molar-refractivity contribution in [1.29, 1.82) is 0 Å². The Balaban J connectivity index is 2.68. The topological polar surface area (TPSA) is 24.9 Å². The van der Waals surface area contributed by atoms with E-state index in [-0.39, 0.29) is 5.41 Å². The summed E-state index contributed by atoms with van der Waals surface area (Å²) >= 11 is 6.83. The standard InChI is InChI=1S/C10H14Br2N2/c1-10(2,3)6-14-9-8(12)4-7(11)5-13-9/h4-5H,6H2,1-3H3,(H,13,14). The van der Waals surface area contributed by atoms with Gasteiger partial charge in [-0.3, -0.25) is 0 Å². The van der Waals surface area contributed by atoms with Crippen molar-refractivity contribution in [2.45, 2.75) is 20.8 Å². The van der Waals surface area contributed by atoms with Gasteiger partial charge in [0.15, 0.2) is 0 Å². The molecular weight excluding hydrogens is 308 g/mol. The molecule has 1 rings (SSSR count). The monoisotopic (exact) mass is 320 g/mol. The van der Waals surface area contributed by atoms with Gasteiger partial charge >= 0.3 is 0 Å². The zero-order valence-corrected chi connectivity index (χ0v) is 11.7. The Morgan fingerprint density at radius 2 is 2.00 bits per heavy atom. The lowest BCUT2D eigenvalue weighted by molar-refractivity contribution is 0.442. The number of hydrogen-bond acceptors (Lipinski definition) is 2. The van der Waals surface area contributed by atoms with Gasteiger partial charge in [0, 0.05) is 17.2 Å². The Morgan fingerprint density at radius 3 is 2.50 bits per heavy atom. The first-order chi connectivity index (χ1) is 6.38. The molecule has 0 spiro atoms. The Labute approximate surface area is 102 Å². The Morgan fingerprint density at radius 1 is 1.36 bits per heavy atom. The van der Waals surface area contributed by atoms with Crippen molar-refractivity contribution in [1.82, 2.24) is 4.98 Å². The summed E-state index contributed by atoms with van der Waals surface area (Å²) in [7, 11) is 0. The molecule has 0 aliphatic carbocycles. The molecular formula is C10H14Br2N2. The molecule has 1 aromatic rings. The van der Waals surface area contributed by atoms with Gasteiger partial charge in [-0.25, -0.2) is 4.98 Å². The van der Waals surface area contributed by atoms with Crippen LogP contribution in [0.2, 0.25) is 0 Å². The number of pyridine rings is 1. The van der Waals surface area contributed by atoms with Crippen molar-refractivity contribution >= 4 is 37.7 Å². The van der Waals surface area contributed by atoms with Crippen LogP contribution in [0.5, 0.6) is 0 Å². The van der Waals surface area contributed by atoms with Crippen LogP contribution in [0.25, 0.3) is 0 Å². The molecule has 0 aliphatic rings. The first-order valence-electron chi connectivity index (χ1n) is 4.43. The first kappa shape index (κ1) is 12.0. The van der Waals surface area contributed by atoms with E-state index in [2.05, 4.69) is 62.9 Å². The third-order valence-electron chi connectivity index (χ3n) is 1.59. The van der Waals surface area contributed by atoms with Crippen LogP contribution in [0.1, 0.15) is 20.8 Å². The van der Waals surface area contributed by atoms with Gasteiger partial charge in [0.1, 0.15) is 5.82 Å². The van der Waals surface area contributed by atoms with Crippen LogP contribution in [-0.2, 0) is 0 Å². The molecule has 0 aromatic carbocycles. The lowest BCUT2D eigenvalue weighted by atomic mass is 9.97. The number of rotatable bonds is 2. The molecule has 4 heteroatoms. The van der Waals surface area contributed by atoms with Gasteiger partial charge in [0.05, 0.1) is 4.47 Å². The summed E-state index contributed by atoms with van der Waals surface area (Å²) in [5.74, 6) is 0.892. The molecule has 0 bridgehead atoms. The minimum Gasteiger partial charge on any atom is -0.369 e. The normalized spacial score (nSPS) is 11.5. The van der Waals surface area contributed by atoms with E-state index in [4.69, 9.17) is 0 Å². The van der Waals surface area contributed by atoms with Crippen molar-refractivity contribution in [3.8, 4) is 0 Å². The summed E-state index contributed by atoms with van der Waals surface area (Å²) in [5.41, 5.74) is 0.258. The fourth-order valence-electron chi connectivity index (χ4n) is 0.894. The predicted octanol–water partition coefficient (Wildman–Crippen LogP) is 4.06. The molecule has 0 saturated carbocycles. The highest BCUT2D eigenvalue weighted by molar-refractivity contribution is 9.11. The van der Waals surface area contributed by atoms with E-state index < -0.39 is 0 Å². The molecule has 1 heterocycles. The molecule has 1 aromatic heterocycles. The van der Waals surface area contributed by atoms with Gasteiger partial charge in [0.2, 0.25) is 0 Å². The molecule has 0 fully saturated rings. The zero-order valence-electron chi connectivity index (χ0n) is 8.56. The second kappa shape index (κ2) is 4.62. The van der Waals surface area contributed by atoms with Crippen molar-refractivity contribution in [2.75, 3.05) is 11.9 Å². The highest BCUT2D eigenvalue weighted by atomic mass is 79.9. The maximum absolute atomic E-state index is 4.28. The van der Waals surface area contributed by atoms with Gasteiger partial charge in [-0.1, -0.05) is 20.8 Å². The summed E-state index contributed by atoms with van der Waals surface area (Å²) < 4.78 is 1.96. The average molecular weight is 322 g/mol. The van der Waals surface area contributed by atoms with Crippen LogP contribution in [0.15, 0.2) is 21.2 Å². The highest BCUT2D eigenvalue weighted by Gasteiger charge is 2.11. The number of hydrogen-bond donors (Lipinski definition) is 1. The number of halogens is 2. The highest BCUT2D eigenvalue weighted by Crippen LogP contribution is 2.24. The number of aromatic nitrogens is 1. The van der Waals surface area contributed by atoms with Crippen LogP contribution < -0.4 is 5.32 Å². The minimum absolute atomic E-state index is 0.258. The average Bonchev–Trinajstić information content (AvgIpc) is 2.00. The zero-order chi connectivity index (χ0) is 10.8. The quantitative estimate of drug-likeness (QED) is 0.888. The summed E-state index contributed by atoms with van der Waals surface area (Å²) in [6, 6.07) is 1.98. The van der Waals surface area contributed by atoms with E-state index >= 15 is 0 Å². The van der Waals surface area contributed by atoms with Crippen LogP contribution in [-0.4, -0.2) is 11.5 Å². The summed E-state index contributed by atoms with van der Waals surface area (Å²) in [4.78, 5) is 4.28. The van der Waals surface area contributed by atoms with Gasteiger partial charge in [-0.2, -0.15) is 0 Å². The van der Waals surface area contributed by atoms with Gasteiger partial charge in [0.25, 0.3) is 0 Å². The SMILES string of the molecule is CC(C)(C)CNc1ncc(Br)cc1Br. The van der Waals surface area contributed by atoms with Crippen LogP contribution in [0.3, 0.4) is 0 Å². The fraction of sp³-hybridized carbons (Fsp3) is 0.500. The Hall–Kier alpha value is -0.0900. The van der Waals surface area contributed by atoms with Crippen molar-refractivity contribution < 1.29 is 0 Å². The molecule has 0 aliphatic heterocycles. The molecule has 0 amide bonds. The summed E-state index contributed by atoms with van der Waals surface area (Å²) in [6.45, 7) is 7.46. The third kappa shape index (κ3) is 3.96. The van der Waals surface area contributed by atoms with Gasteiger partial charge in [-0.15, -0.1) is 0 Å². The molecule has 78 valence electrons. The second-order valence-electron chi connectivity index (χ2n) is 4.40. The maximum atomic E-state index is 4.28. The molecule has 0 unspecified atom stereocenters. The van der Waals surface area contributed by atoms with Crippen molar-refractivity contribution in [3.05, 3.63) is 21.2 Å². The van der Waals surface area contributed by atoms with Crippen LogP contribution >= 0.6 is 31.9 Å². The minimum atomic E-state index is 0.258. The lowest BCUT2D eigenvalue weighted by Crippen LogP contribution is -2.19.